The highest BCUT2D eigenvalue weighted by Gasteiger charge is 2.30. The quantitative estimate of drug-likeness (QED) is 0.654. The van der Waals surface area contributed by atoms with Crippen molar-refractivity contribution in [2.45, 2.75) is 0 Å². The highest BCUT2D eigenvalue weighted by molar-refractivity contribution is 6.30. The summed E-state index contributed by atoms with van der Waals surface area (Å²) < 4.78 is 0. The molecule has 1 N–H and O–H groups in total. The van der Waals surface area contributed by atoms with Gasteiger partial charge in [0, 0.05) is 0 Å². The van der Waals surface area contributed by atoms with Gasteiger partial charge in [0.2, 0.25) is 0 Å². The lowest BCUT2D eigenvalue weighted by molar-refractivity contribution is -0.192. The normalized spacial score (nSPS) is 15.1. The molecule has 16 heavy (non-hydrogen) atoms. The Labute approximate surface area is 89.7 Å². The molecular formula is C9H5N3O4. The van der Waals surface area contributed by atoms with Crippen LogP contribution in [0.15, 0.2) is 24.3 Å². The number of nitriles is 1. The van der Waals surface area contributed by atoms with Crippen molar-refractivity contribution >= 4 is 17.6 Å². The molecule has 0 spiro atoms. The average Bonchev–Trinajstić information content (AvgIpc) is 2.32. The zero-order valence-corrected chi connectivity index (χ0v) is 7.84. The zero-order chi connectivity index (χ0) is 11.5. The van der Waals surface area contributed by atoms with Crippen LogP contribution in [-0.4, -0.2) is 11.9 Å². The number of carbonyl (C=O) groups excluding carboxylic acids is 2. The Morgan fingerprint density at radius 3 is 2.69 bits per heavy atom. The van der Waals surface area contributed by atoms with Gasteiger partial charge < -0.3 is 9.68 Å². The van der Waals surface area contributed by atoms with Gasteiger partial charge in [0.25, 0.3) is 0 Å². The molecule has 1 aliphatic rings. The van der Waals surface area contributed by atoms with Crippen LogP contribution >= 0.6 is 0 Å². The number of hydrogen-bond acceptors (Lipinski definition) is 7. The Morgan fingerprint density at radius 2 is 2.00 bits per heavy atom. The second kappa shape index (κ2) is 3.88. The van der Waals surface area contributed by atoms with Crippen LogP contribution in [0, 0.1) is 11.3 Å². The highest BCUT2D eigenvalue weighted by atomic mass is 16.9. The van der Waals surface area contributed by atoms with Gasteiger partial charge in [-0.3, -0.25) is 0 Å². The molecule has 0 aromatic heterocycles. The number of hydrogen-bond donors (Lipinski definition) is 1. The van der Waals surface area contributed by atoms with E-state index in [2.05, 4.69) is 15.3 Å². The number of rotatable bonds is 1. The molecule has 0 saturated carbocycles. The fourth-order valence-corrected chi connectivity index (χ4v) is 1.11. The number of hydrazine groups is 1. The summed E-state index contributed by atoms with van der Waals surface area (Å²) in [7, 11) is 0. The van der Waals surface area contributed by atoms with Crippen molar-refractivity contribution in [3.05, 3.63) is 29.8 Å². The summed E-state index contributed by atoms with van der Waals surface area (Å²) >= 11 is 0. The van der Waals surface area contributed by atoms with Gasteiger partial charge in [-0.25, -0.2) is 9.59 Å². The molecular weight excluding hydrogens is 214 g/mol. The first kappa shape index (κ1) is 9.95. The summed E-state index contributed by atoms with van der Waals surface area (Å²) in [6.07, 6.45) is 0. The zero-order valence-electron chi connectivity index (χ0n) is 7.84. The Bertz CT molecular complexity index is 494. The maximum absolute atomic E-state index is 10.9. The van der Waals surface area contributed by atoms with Gasteiger partial charge in [-0.05, 0) is 17.7 Å². The monoisotopic (exact) mass is 219 g/mol. The van der Waals surface area contributed by atoms with E-state index >= 15 is 0 Å². The van der Waals surface area contributed by atoms with Crippen molar-refractivity contribution < 1.29 is 19.3 Å². The topological polar surface area (TPSA) is 91.7 Å². The first-order chi connectivity index (χ1) is 7.72. The number of benzene rings is 1. The van der Waals surface area contributed by atoms with E-state index in [1.807, 2.05) is 6.07 Å². The van der Waals surface area contributed by atoms with Crippen molar-refractivity contribution in [1.29, 1.82) is 5.26 Å². The molecule has 1 heterocycles. The third-order valence-electron chi connectivity index (χ3n) is 1.81. The predicted octanol–water partition coefficient (Wildman–Crippen LogP) is -0.201. The minimum Gasteiger partial charge on any atom is -0.338 e. The van der Waals surface area contributed by atoms with E-state index in [1.165, 1.54) is 12.1 Å². The summed E-state index contributed by atoms with van der Waals surface area (Å²) in [5.74, 6) is -2.31. The molecule has 7 nitrogen and oxygen atoms in total. The summed E-state index contributed by atoms with van der Waals surface area (Å²) in [5.41, 5.74) is 2.61. The van der Waals surface area contributed by atoms with E-state index in [1.54, 1.807) is 12.1 Å². The third kappa shape index (κ3) is 1.65. The molecule has 2 rings (SSSR count). The van der Waals surface area contributed by atoms with Gasteiger partial charge >= 0.3 is 11.9 Å². The Hall–Kier alpha value is -2.59. The first-order valence-electron chi connectivity index (χ1n) is 4.20. The standard InChI is InChI=1S/C9H5N3O4/c10-5-6-3-1-2-4-7(6)12-11-15-8(13)9(14)16-12/h1-4,11H. The maximum atomic E-state index is 10.9. The molecule has 1 aliphatic heterocycles. The molecule has 0 radical (unpaired) electrons. The van der Waals surface area contributed by atoms with E-state index in [9.17, 15) is 9.59 Å². The molecule has 0 aliphatic carbocycles. The second-order valence-corrected chi connectivity index (χ2v) is 2.78. The van der Waals surface area contributed by atoms with Crippen molar-refractivity contribution in [2.24, 2.45) is 0 Å². The van der Waals surface area contributed by atoms with Crippen molar-refractivity contribution in [3.8, 4) is 6.07 Å². The lowest BCUT2D eigenvalue weighted by Gasteiger charge is -2.25. The molecule has 1 aromatic rings. The van der Waals surface area contributed by atoms with Crippen LogP contribution in [0.25, 0.3) is 0 Å². The summed E-state index contributed by atoms with van der Waals surface area (Å²) in [5, 5.41) is 9.62. The minimum absolute atomic E-state index is 0.265. The second-order valence-electron chi connectivity index (χ2n) is 2.78. The third-order valence-corrected chi connectivity index (χ3v) is 1.81. The summed E-state index contributed by atoms with van der Waals surface area (Å²) in [4.78, 5) is 30.5. The van der Waals surface area contributed by atoms with Crippen LogP contribution < -0.4 is 10.8 Å². The van der Waals surface area contributed by atoms with Crippen LogP contribution in [0.3, 0.4) is 0 Å². The molecule has 1 fully saturated rings. The smallest absolute Gasteiger partial charge is 0.338 e. The van der Waals surface area contributed by atoms with Crippen LogP contribution in [-0.2, 0) is 19.3 Å². The fourth-order valence-electron chi connectivity index (χ4n) is 1.11. The fraction of sp³-hybridized carbons (Fsp3) is 0. The minimum atomic E-state index is -1.16. The lowest BCUT2D eigenvalue weighted by atomic mass is 10.2. The van der Waals surface area contributed by atoms with E-state index in [0.29, 0.717) is 0 Å². The van der Waals surface area contributed by atoms with Crippen molar-refractivity contribution in [3.63, 3.8) is 0 Å². The van der Waals surface area contributed by atoms with E-state index in [4.69, 9.17) is 5.26 Å². The Balaban J connectivity index is 2.29. The molecule has 80 valence electrons. The molecule has 0 bridgehead atoms. The Morgan fingerprint density at radius 1 is 1.25 bits per heavy atom. The molecule has 0 unspecified atom stereocenters. The van der Waals surface area contributed by atoms with Crippen molar-refractivity contribution in [1.82, 2.24) is 5.59 Å². The number of nitrogens with zero attached hydrogens (tertiary/aromatic N) is 2. The van der Waals surface area contributed by atoms with Crippen LogP contribution in [0.2, 0.25) is 0 Å². The first-order valence-corrected chi connectivity index (χ1v) is 4.20. The molecule has 0 atom stereocenters. The number of anilines is 1. The highest BCUT2D eigenvalue weighted by Crippen LogP contribution is 2.19. The molecule has 1 saturated heterocycles. The molecule has 0 amide bonds. The number of para-hydroxylation sites is 1. The summed E-state index contributed by atoms with van der Waals surface area (Å²) in [6, 6.07) is 8.25. The van der Waals surface area contributed by atoms with Crippen LogP contribution in [0.1, 0.15) is 5.56 Å². The Kier molecular flexibility index (Phi) is 2.41. The van der Waals surface area contributed by atoms with Gasteiger partial charge in [-0.15, -0.1) is 0 Å². The number of nitrogens with one attached hydrogen (secondary N) is 1. The van der Waals surface area contributed by atoms with Gasteiger partial charge in [-0.2, -0.15) is 5.26 Å². The van der Waals surface area contributed by atoms with Crippen LogP contribution in [0.5, 0.6) is 0 Å². The van der Waals surface area contributed by atoms with Gasteiger partial charge in [0.05, 0.1) is 5.56 Å². The maximum Gasteiger partial charge on any atom is 0.444 e. The van der Waals surface area contributed by atoms with Gasteiger partial charge in [0.1, 0.15) is 11.8 Å². The lowest BCUT2D eigenvalue weighted by Crippen LogP contribution is -2.49. The van der Waals surface area contributed by atoms with Gasteiger partial charge in [0.15, 0.2) is 0 Å². The largest absolute Gasteiger partial charge is 0.444 e. The van der Waals surface area contributed by atoms with E-state index in [-0.39, 0.29) is 11.3 Å². The SMILES string of the molecule is N#Cc1ccccc1N1NOC(=O)C(=O)O1. The van der Waals surface area contributed by atoms with Gasteiger partial charge in [-0.1, -0.05) is 17.3 Å². The number of carbonyl (C=O) groups is 2. The van der Waals surface area contributed by atoms with Crippen molar-refractivity contribution in [2.75, 3.05) is 5.17 Å². The van der Waals surface area contributed by atoms with E-state index < -0.39 is 11.9 Å². The summed E-state index contributed by atoms with van der Waals surface area (Å²) in [6.45, 7) is 0. The predicted molar refractivity (Wildman–Crippen MR) is 49.0 cm³/mol. The van der Waals surface area contributed by atoms with Crippen LogP contribution in [0.4, 0.5) is 5.69 Å². The molecule has 1 aromatic carbocycles. The van der Waals surface area contributed by atoms with E-state index in [0.717, 1.165) is 5.17 Å². The molecule has 7 heteroatoms. The average molecular weight is 219 g/mol.